The van der Waals surface area contributed by atoms with Crippen molar-refractivity contribution in [3.8, 4) is 5.75 Å². The molecule has 1 aliphatic heterocycles. The van der Waals surface area contributed by atoms with E-state index in [0.717, 1.165) is 17.7 Å². The molecule has 1 aliphatic rings. The van der Waals surface area contributed by atoms with Crippen LogP contribution in [-0.2, 0) is 17.9 Å². The first kappa shape index (κ1) is 23.3. The molecule has 0 spiro atoms. The quantitative estimate of drug-likeness (QED) is 0.650. The summed E-state index contributed by atoms with van der Waals surface area (Å²) in [7, 11) is 3.20. The van der Waals surface area contributed by atoms with Crippen molar-refractivity contribution < 1.29 is 19.1 Å². The third-order valence-electron chi connectivity index (χ3n) is 5.84. The maximum Gasteiger partial charge on any atom is 0.272 e. The highest BCUT2D eigenvalue weighted by atomic mass is 16.5. The van der Waals surface area contributed by atoms with Gasteiger partial charge in [0.2, 0.25) is 5.91 Å². The molecule has 1 aromatic heterocycles. The molecule has 0 bridgehead atoms. The van der Waals surface area contributed by atoms with Crippen molar-refractivity contribution in [3.05, 3.63) is 47.3 Å². The molecule has 32 heavy (non-hydrogen) atoms. The number of ether oxygens (including phenoxy) is 1. The summed E-state index contributed by atoms with van der Waals surface area (Å²) in [5.41, 5.74) is 0.239. The zero-order valence-electron chi connectivity index (χ0n) is 19.3. The van der Waals surface area contributed by atoms with Crippen LogP contribution in [0.3, 0.4) is 0 Å². The first-order valence-electron chi connectivity index (χ1n) is 10.7. The number of likely N-dealkylation sites (N-methyl/N-ethyl adjacent to an activating group) is 1. The number of hydrogen-bond donors (Lipinski definition) is 2. The Balaban J connectivity index is 1.70. The molecule has 0 saturated heterocycles. The maximum atomic E-state index is 12.9. The molecule has 3 amide bonds. The zero-order chi connectivity index (χ0) is 23.5. The minimum absolute atomic E-state index is 0.139. The van der Waals surface area contributed by atoms with Gasteiger partial charge in [0.1, 0.15) is 17.0 Å². The van der Waals surface area contributed by atoms with Crippen molar-refractivity contribution in [2.45, 2.75) is 45.8 Å². The lowest BCUT2D eigenvalue weighted by Crippen LogP contribution is -2.62. The lowest BCUT2D eigenvalue weighted by Gasteiger charge is -2.40. The third kappa shape index (κ3) is 4.76. The molecule has 0 aliphatic carbocycles. The SMILES string of the molecule is COc1ccc(CNC(=O)c2cc3n(n2)C[C@](C)(C(=O)NCCC(C)C)N(C)C3=O)cc1. The second-order valence-corrected chi connectivity index (χ2v) is 8.68. The zero-order valence-corrected chi connectivity index (χ0v) is 19.3. The molecule has 0 radical (unpaired) electrons. The molecular weight excluding hydrogens is 410 g/mol. The van der Waals surface area contributed by atoms with Gasteiger partial charge in [0, 0.05) is 26.2 Å². The molecule has 9 nitrogen and oxygen atoms in total. The van der Waals surface area contributed by atoms with E-state index in [1.54, 1.807) is 21.1 Å². The normalized spacial score (nSPS) is 17.8. The van der Waals surface area contributed by atoms with E-state index in [0.29, 0.717) is 19.0 Å². The average Bonchev–Trinajstić information content (AvgIpc) is 3.19. The van der Waals surface area contributed by atoms with Crippen LogP contribution in [0.15, 0.2) is 30.3 Å². The van der Waals surface area contributed by atoms with Gasteiger partial charge < -0.3 is 20.3 Å². The van der Waals surface area contributed by atoms with E-state index in [-0.39, 0.29) is 35.7 Å². The van der Waals surface area contributed by atoms with Crippen molar-refractivity contribution >= 4 is 17.7 Å². The summed E-state index contributed by atoms with van der Waals surface area (Å²) in [5.74, 6) is 0.229. The van der Waals surface area contributed by atoms with Crippen LogP contribution in [0.2, 0.25) is 0 Å². The smallest absolute Gasteiger partial charge is 0.272 e. The number of fused-ring (bicyclic) bond motifs is 1. The van der Waals surface area contributed by atoms with Crippen molar-refractivity contribution in [3.63, 3.8) is 0 Å². The number of carbonyl (C=O) groups is 3. The van der Waals surface area contributed by atoms with Crippen LogP contribution >= 0.6 is 0 Å². The Labute approximate surface area is 188 Å². The summed E-state index contributed by atoms with van der Waals surface area (Å²) in [5, 5.41) is 10.0. The van der Waals surface area contributed by atoms with Gasteiger partial charge in [0.15, 0.2) is 5.69 Å². The molecule has 1 atom stereocenters. The molecule has 3 rings (SSSR count). The summed E-state index contributed by atoms with van der Waals surface area (Å²) < 4.78 is 6.58. The van der Waals surface area contributed by atoms with Gasteiger partial charge in [-0.3, -0.25) is 19.1 Å². The third-order valence-corrected chi connectivity index (χ3v) is 5.84. The molecule has 0 saturated carbocycles. The fourth-order valence-corrected chi connectivity index (χ4v) is 3.52. The lowest BCUT2D eigenvalue weighted by molar-refractivity contribution is -0.132. The van der Waals surface area contributed by atoms with E-state index in [9.17, 15) is 14.4 Å². The molecule has 1 aromatic carbocycles. The van der Waals surface area contributed by atoms with Crippen LogP contribution in [0.25, 0.3) is 0 Å². The monoisotopic (exact) mass is 441 g/mol. The van der Waals surface area contributed by atoms with Gasteiger partial charge >= 0.3 is 0 Å². The minimum atomic E-state index is -1.09. The number of hydrogen-bond acceptors (Lipinski definition) is 5. The summed E-state index contributed by atoms with van der Waals surface area (Å²) in [6, 6.07) is 8.83. The van der Waals surface area contributed by atoms with Crippen molar-refractivity contribution in [1.29, 1.82) is 0 Å². The Hall–Kier alpha value is -3.36. The fraction of sp³-hybridized carbons (Fsp3) is 0.478. The first-order valence-corrected chi connectivity index (χ1v) is 10.7. The number of benzene rings is 1. The minimum Gasteiger partial charge on any atom is -0.497 e. The van der Waals surface area contributed by atoms with E-state index < -0.39 is 5.54 Å². The van der Waals surface area contributed by atoms with Crippen LogP contribution in [0.5, 0.6) is 5.75 Å². The van der Waals surface area contributed by atoms with Gasteiger partial charge in [-0.15, -0.1) is 0 Å². The highest BCUT2D eigenvalue weighted by Crippen LogP contribution is 2.26. The van der Waals surface area contributed by atoms with Gasteiger partial charge in [-0.1, -0.05) is 26.0 Å². The van der Waals surface area contributed by atoms with E-state index >= 15 is 0 Å². The largest absolute Gasteiger partial charge is 0.497 e. The van der Waals surface area contributed by atoms with E-state index in [1.807, 2.05) is 24.3 Å². The molecule has 2 aromatic rings. The highest BCUT2D eigenvalue weighted by Gasteiger charge is 2.46. The van der Waals surface area contributed by atoms with Gasteiger partial charge in [0.05, 0.1) is 13.7 Å². The standard InChI is InChI=1S/C23H31N5O4/c1-15(2)10-11-24-22(31)23(3)14-28-19(21(30)27(23)4)12-18(26-28)20(29)25-13-16-6-8-17(32-5)9-7-16/h6-9,12,15H,10-11,13-14H2,1-5H3,(H,24,31)(H,25,29)/t23-/m1/s1. The molecule has 9 heteroatoms. The first-order chi connectivity index (χ1) is 15.2. The van der Waals surface area contributed by atoms with E-state index in [2.05, 4.69) is 29.6 Å². The molecule has 2 N–H and O–H groups in total. The molecule has 0 fully saturated rings. The molecule has 2 heterocycles. The Morgan fingerprint density at radius 2 is 1.91 bits per heavy atom. The Morgan fingerprint density at radius 1 is 1.22 bits per heavy atom. The van der Waals surface area contributed by atoms with Crippen LogP contribution in [-0.4, -0.2) is 58.6 Å². The number of amides is 3. The van der Waals surface area contributed by atoms with Crippen LogP contribution < -0.4 is 15.4 Å². The number of rotatable bonds is 8. The Bertz CT molecular complexity index is 998. The van der Waals surface area contributed by atoms with Gasteiger partial charge in [0.25, 0.3) is 11.8 Å². The Kier molecular flexibility index (Phi) is 6.86. The Morgan fingerprint density at radius 3 is 2.53 bits per heavy atom. The summed E-state index contributed by atoms with van der Waals surface area (Å²) in [6.07, 6.45) is 0.852. The van der Waals surface area contributed by atoms with Crippen molar-refractivity contribution in [2.24, 2.45) is 5.92 Å². The van der Waals surface area contributed by atoms with Crippen molar-refractivity contribution in [1.82, 2.24) is 25.3 Å². The van der Waals surface area contributed by atoms with Gasteiger partial charge in [-0.05, 0) is 37.0 Å². The number of methoxy groups -OCH3 is 1. The molecule has 172 valence electrons. The summed E-state index contributed by atoms with van der Waals surface area (Å²) in [4.78, 5) is 39.9. The fourth-order valence-electron chi connectivity index (χ4n) is 3.52. The lowest BCUT2D eigenvalue weighted by atomic mass is 9.95. The number of aromatic nitrogens is 2. The highest BCUT2D eigenvalue weighted by molar-refractivity contribution is 6.01. The molecular formula is C23H31N5O4. The predicted octanol–water partition coefficient (Wildman–Crippen LogP) is 1.83. The van der Waals surface area contributed by atoms with Crippen LogP contribution in [0, 0.1) is 5.92 Å². The van der Waals surface area contributed by atoms with Crippen LogP contribution in [0.4, 0.5) is 0 Å². The molecule has 0 unspecified atom stereocenters. The number of carbonyl (C=O) groups excluding carboxylic acids is 3. The van der Waals surface area contributed by atoms with Gasteiger partial charge in [-0.2, -0.15) is 5.10 Å². The van der Waals surface area contributed by atoms with Crippen molar-refractivity contribution in [2.75, 3.05) is 20.7 Å². The summed E-state index contributed by atoms with van der Waals surface area (Å²) >= 11 is 0. The van der Waals surface area contributed by atoms with E-state index in [4.69, 9.17) is 4.74 Å². The van der Waals surface area contributed by atoms with E-state index in [1.165, 1.54) is 15.6 Å². The number of nitrogens with one attached hydrogen (secondary N) is 2. The topological polar surface area (TPSA) is 106 Å². The summed E-state index contributed by atoms with van der Waals surface area (Å²) in [6.45, 7) is 6.91. The maximum absolute atomic E-state index is 12.9. The predicted molar refractivity (Wildman–Crippen MR) is 119 cm³/mol. The second kappa shape index (κ2) is 9.42. The van der Waals surface area contributed by atoms with Gasteiger partial charge in [-0.25, -0.2) is 0 Å². The van der Waals surface area contributed by atoms with Crippen LogP contribution in [0.1, 0.15) is 53.7 Å². The second-order valence-electron chi connectivity index (χ2n) is 8.68. The average molecular weight is 442 g/mol. The number of nitrogens with zero attached hydrogens (tertiary/aromatic N) is 3.